The molecule has 1 saturated carbocycles. The summed E-state index contributed by atoms with van der Waals surface area (Å²) >= 11 is 0. The van der Waals surface area contributed by atoms with Gasteiger partial charge in [0.05, 0.1) is 11.4 Å². The Balaban J connectivity index is 2.10. The van der Waals surface area contributed by atoms with Crippen LogP contribution >= 0.6 is 0 Å². The Morgan fingerprint density at radius 1 is 1.08 bits per heavy atom. The van der Waals surface area contributed by atoms with Crippen LogP contribution in [0.3, 0.4) is 0 Å². The van der Waals surface area contributed by atoms with Gasteiger partial charge in [-0.2, -0.15) is 0 Å². The first kappa shape index (κ1) is 8.67. The third kappa shape index (κ3) is 2.06. The molecule has 0 radical (unpaired) electrons. The van der Waals surface area contributed by atoms with Gasteiger partial charge < -0.3 is 0 Å². The Bertz CT molecular complexity index is 260. The summed E-state index contributed by atoms with van der Waals surface area (Å²) in [4.78, 5) is 8.73. The van der Waals surface area contributed by atoms with Crippen LogP contribution in [0, 0.1) is 6.92 Å². The summed E-state index contributed by atoms with van der Waals surface area (Å²) in [5.41, 5.74) is 2.21. The first-order valence-corrected chi connectivity index (χ1v) is 5.15. The van der Waals surface area contributed by atoms with Crippen molar-refractivity contribution in [2.75, 3.05) is 0 Å². The summed E-state index contributed by atoms with van der Waals surface area (Å²) in [7, 11) is 0. The summed E-state index contributed by atoms with van der Waals surface area (Å²) in [6, 6.07) is 0. The highest BCUT2D eigenvalue weighted by molar-refractivity contribution is 5.07. The van der Waals surface area contributed by atoms with Crippen LogP contribution in [0.2, 0.25) is 0 Å². The van der Waals surface area contributed by atoms with Crippen molar-refractivity contribution in [1.82, 2.24) is 9.97 Å². The number of rotatable bonds is 1. The van der Waals surface area contributed by atoms with Gasteiger partial charge in [0.25, 0.3) is 0 Å². The van der Waals surface area contributed by atoms with E-state index in [2.05, 4.69) is 9.97 Å². The molecule has 13 heavy (non-hydrogen) atoms. The molecule has 0 unspecified atom stereocenters. The highest BCUT2D eigenvalue weighted by atomic mass is 14.8. The predicted molar refractivity (Wildman–Crippen MR) is 52.6 cm³/mol. The molecular weight excluding hydrogens is 160 g/mol. The smallest absolute Gasteiger partial charge is 0.0617 e. The van der Waals surface area contributed by atoms with Gasteiger partial charge in [-0.1, -0.05) is 19.3 Å². The topological polar surface area (TPSA) is 25.8 Å². The summed E-state index contributed by atoms with van der Waals surface area (Å²) < 4.78 is 0. The van der Waals surface area contributed by atoms with Gasteiger partial charge in [0.15, 0.2) is 0 Å². The summed E-state index contributed by atoms with van der Waals surface area (Å²) in [5.74, 6) is 0.682. The van der Waals surface area contributed by atoms with E-state index in [4.69, 9.17) is 0 Å². The second kappa shape index (κ2) is 3.86. The number of nitrogens with zero attached hydrogens (tertiary/aromatic N) is 2. The summed E-state index contributed by atoms with van der Waals surface area (Å²) in [6.45, 7) is 1.98. The monoisotopic (exact) mass is 176 g/mol. The van der Waals surface area contributed by atoms with Crippen LogP contribution in [-0.4, -0.2) is 9.97 Å². The zero-order valence-corrected chi connectivity index (χ0v) is 8.16. The number of aryl methyl sites for hydroxylation is 1. The molecule has 2 heteroatoms. The number of hydrogen-bond acceptors (Lipinski definition) is 2. The van der Waals surface area contributed by atoms with E-state index >= 15 is 0 Å². The van der Waals surface area contributed by atoms with E-state index in [1.54, 1.807) is 0 Å². The van der Waals surface area contributed by atoms with E-state index in [0.29, 0.717) is 5.92 Å². The molecule has 2 nitrogen and oxygen atoms in total. The molecule has 0 bridgehead atoms. The molecule has 0 spiro atoms. The first-order valence-electron chi connectivity index (χ1n) is 5.15. The molecule has 0 aromatic carbocycles. The summed E-state index contributed by atoms with van der Waals surface area (Å²) in [6.07, 6.45) is 10.6. The van der Waals surface area contributed by atoms with Crippen molar-refractivity contribution in [1.29, 1.82) is 0 Å². The van der Waals surface area contributed by atoms with E-state index in [1.165, 1.54) is 37.8 Å². The molecule has 1 heterocycles. The lowest BCUT2D eigenvalue weighted by Crippen LogP contribution is -2.06. The van der Waals surface area contributed by atoms with Crippen molar-refractivity contribution in [3.8, 4) is 0 Å². The molecule has 1 aliphatic carbocycles. The summed E-state index contributed by atoms with van der Waals surface area (Å²) in [5, 5.41) is 0. The number of hydrogen-bond donors (Lipinski definition) is 0. The maximum Gasteiger partial charge on any atom is 0.0617 e. The maximum absolute atomic E-state index is 4.44. The van der Waals surface area contributed by atoms with Crippen LogP contribution in [0.25, 0.3) is 0 Å². The van der Waals surface area contributed by atoms with Gasteiger partial charge >= 0.3 is 0 Å². The van der Waals surface area contributed by atoms with Crippen molar-refractivity contribution in [2.45, 2.75) is 44.9 Å². The van der Waals surface area contributed by atoms with Gasteiger partial charge in [-0.3, -0.25) is 9.97 Å². The fraction of sp³-hybridized carbons (Fsp3) is 0.636. The van der Waals surface area contributed by atoms with Crippen LogP contribution < -0.4 is 0 Å². The molecule has 1 aromatic rings. The van der Waals surface area contributed by atoms with E-state index in [-0.39, 0.29) is 0 Å². The molecule has 0 saturated heterocycles. The predicted octanol–water partition coefficient (Wildman–Crippen LogP) is 2.83. The molecule has 1 fully saturated rings. The van der Waals surface area contributed by atoms with Crippen LogP contribution in [-0.2, 0) is 0 Å². The molecule has 2 rings (SSSR count). The lowest BCUT2D eigenvalue weighted by Gasteiger charge is -2.20. The minimum Gasteiger partial charge on any atom is -0.258 e. The van der Waals surface area contributed by atoms with Crippen LogP contribution in [0.1, 0.15) is 49.4 Å². The first-order chi connectivity index (χ1) is 6.36. The quantitative estimate of drug-likeness (QED) is 0.657. The van der Waals surface area contributed by atoms with E-state index in [0.717, 1.165) is 5.69 Å². The average molecular weight is 176 g/mol. The normalized spacial score (nSPS) is 18.8. The Kier molecular flexibility index (Phi) is 2.57. The van der Waals surface area contributed by atoms with Crippen molar-refractivity contribution in [3.05, 3.63) is 23.8 Å². The van der Waals surface area contributed by atoms with Crippen LogP contribution in [0.15, 0.2) is 12.4 Å². The average Bonchev–Trinajstić information content (AvgIpc) is 2.20. The van der Waals surface area contributed by atoms with Gasteiger partial charge in [0.2, 0.25) is 0 Å². The third-order valence-corrected chi connectivity index (χ3v) is 2.82. The highest BCUT2D eigenvalue weighted by Gasteiger charge is 2.16. The van der Waals surface area contributed by atoms with Gasteiger partial charge in [-0.05, 0) is 19.8 Å². The van der Waals surface area contributed by atoms with Crippen molar-refractivity contribution in [2.24, 2.45) is 0 Å². The molecule has 0 atom stereocenters. The minimum atomic E-state index is 0.682. The van der Waals surface area contributed by atoms with Crippen molar-refractivity contribution < 1.29 is 0 Å². The molecule has 0 aliphatic heterocycles. The SMILES string of the molecule is Cc1cnc(C2CCCCC2)cn1. The van der Waals surface area contributed by atoms with Gasteiger partial charge in [-0.15, -0.1) is 0 Å². The number of aromatic nitrogens is 2. The highest BCUT2D eigenvalue weighted by Crippen LogP contribution is 2.30. The zero-order valence-electron chi connectivity index (χ0n) is 8.16. The Morgan fingerprint density at radius 2 is 1.85 bits per heavy atom. The lowest BCUT2D eigenvalue weighted by atomic mass is 9.87. The molecule has 1 aromatic heterocycles. The van der Waals surface area contributed by atoms with E-state index in [1.807, 2.05) is 19.3 Å². The van der Waals surface area contributed by atoms with Gasteiger partial charge in [-0.25, -0.2) is 0 Å². The lowest BCUT2D eigenvalue weighted by molar-refractivity contribution is 0.435. The molecule has 70 valence electrons. The van der Waals surface area contributed by atoms with Gasteiger partial charge in [0.1, 0.15) is 0 Å². The Morgan fingerprint density at radius 3 is 2.46 bits per heavy atom. The molecule has 0 amide bonds. The largest absolute Gasteiger partial charge is 0.258 e. The Labute approximate surface area is 79.4 Å². The third-order valence-electron chi connectivity index (χ3n) is 2.82. The van der Waals surface area contributed by atoms with E-state index < -0.39 is 0 Å². The van der Waals surface area contributed by atoms with Crippen LogP contribution in [0.4, 0.5) is 0 Å². The standard InChI is InChI=1S/C11H16N2/c1-9-7-13-11(8-12-9)10-5-3-2-4-6-10/h7-8,10H,2-6H2,1H3. The maximum atomic E-state index is 4.44. The fourth-order valence-electron chi connectivity index (χ4n) is 2.01. The van der Waals surface area contributed by atoms with Crippen molar-refractivity contribution in [3.63, 3.8) is 0 Å². The van der Waals surface area contributed by atoms with E-state index in [9.17, 15) is 0 Å². The van der Waals surface area contributed by atoms with Crippen molar-refractivity contribution >= 4 is 0 Å². The second-order valence-corrected chi connectivity index (χ2v) is 3.92. The zero-order chi connectivity index (χ0) is 9.10. The van der Waals surface area contributed by atoms with Crippen LogP contribution in [0.5, 0.6) is 0 Å². The fourth-order valence-corrected chi connectivity index (χ4v) is 2.01. The molecule has 0 N–H and O–H groups in total. The molecular formula is C11H16N2. The van der Waals surface area contributed by atoms with Gasteiger partial charge in [0, 0.05) is 18.3 Å². The Hall–Kier alpha value is -0.920. The second-order valence-electron chi connectivity index (χ2n) is 3.92. The minimum absolute atomic E-state index is 0.682. The molecule has 1 aliphatic rings.